The Bertz CT molecular complexity index is 237. The third-order valence-electron chi connectivity index (χ3n) is 2.40. The first-order valence-electron chi connectivity index (χ1n) is 5.37. The molecule has 0 atom stereocenters. The van der Waals surface area contributed by atoms with Crippen LogP contribution in [0.15, 0.2) is 0 Å². The molecule has 0 radical (unpaired) electrons. The summed E-state index contributed by atoms with van der Waals surface area (Å²) in [4.78, 5) is 22.5. The van der Waals surface area contributed by atoms with Gasteiger partial charge in [-0.1, -0.05) is 13.8 Å². The maximum absolute atomic E-state index is 11.3. The van der Waals surface area contributed by atoms with Crippen LogP contribution in [0.4, 0.5) is 0 Å². The molecule has 1 aliphatic rings. The van der Waals surface area contributed by atoms with E-state index in [0.717, 1.165) is 13.1 Å². The smallest absolute Gasteiger partial charge is 0.225 e. The molecule has 86 valence electrons. The van der Waals surface area contributed by atoms with E-state index in [1.807, 2.05) is 13.8 Å². The molecule has 0 unspecified atom stereocenters. The van der Waals surface area contributed by atoms with Gasteiger partial charge in [-0.2, -0.15) is 0 Å². The van der Waals surface area contributed by atoms with E-state index in [2.05, 4.69) is 16.0 Å². The van der Waals surface area contributed by atoms with Crippen molar-refractivity contribution < 1.29 is 9.59 Å². The first-order valence-corrected chi connectivity index (χ1v) is 5.37. The number of amides is 2. The van der Waals surface area contributed by atoms with Gasteiger partial charge in [0.05, 0.1) is 5.92 Å². The Hall–Kier alpha value is -1.10. The van der Waals surface area contributed by atoms with Crippen molar-refractivity contribution in [2.75, 3.05) is 26.2 Å². The van der Waals surface area contributed by atoms with Crippen LogP contribution in [0.3, 0.4) is 0 Å². The van der Waals surface area contributed by atoms with E-state index >= 15 is 0 Å². The molecule has 0 bridgehead atoms. The molecule has 0 saturated carbocycles. The summed E-state index contributed by atoms with van der Waals surface area (Å²) < 4.78 is 0. The fourth-order valence-electron chi connectivity index (χ4n) is 1.19. The lowest BCUT2D eigenvalue weighted by atomic mass is 10.0. The predicted molar refractivity (Wildman–Crippen MR) is 57.2 cm³/mol. The fourth-order valence-corrected chi connectivity index (χ4v) is 1.19. The van der Waals surface area contributed by atoms with Gasteiger partial charge < -0.3 is 16.0 Å². The highest BCUT2D eigenvalue weighted by Crippen LogP contribution is 2.01. The first kappa shape index (κ1) is 12.0. The highest BCUT2D eigenvalue weighted by molar-refractivity contribution is 5.80. The summed E-state index contributed by atoms with van der Waals surface area (Å²) in [5, 5.41) is 8.56. The number of hydrogen-bond donors (Lipinski definition) is 3. The van der Waals surface area contributed by atoms with Crippen molar-refractivity contribution in [3.05, 3.63) is 0 Å². The van der Waals surface area contributed by atoms with Crippen LogP contribution in [0.1, 0.15) is 13.8 Å². The van der Waals surface area contributed by atoms with E-state index in [4.69, 9.17) is 0 Å². The van der Waals surface area contributed by atoms with Gasteiger partial charge in [0.25, 0.3) is 0 Å². The third kappa shape index (κ3) is 3.87. The SMILES string of the molecule is CC(C)C(=O)NCCNC(=O)C1CNC1. The molecular formula is C10H19N3O2. The number of carbonyl (C=O) groups excluding carboxylic acids is 2. The van der Waals surface area contributed by atoms with Crippen molar-refractivity contribution >= 4 is 11.8 Å². The second-order valence-corrected chi connectivity index (χ2v) is 4.09. The van der Waals surface area contributed by atoms with Crippen LogP contribution in [0.5, 0.6) is 0 Å². The van der Waals surface area contributed by atoms with E-state index in [9.17, 15) is 9.59 Å². The van der Waals surface area contributed by atoms with Gasteiger partial charge in [0.1, 0.15) is 0 Å². The van der Waals surface area contributed by atoms with E-state index in [1.165, 1.54) is 0 Å². The molecule has 1 saturated heterocycles. The molecule has 1 aliphatic heterocycles. The molecule has 3 N–H and O–H groups in total. The maximum atomic E-state index is 11.3. The molecule has 5 heteroatoms. The van der Waals surface area contributed by atoms with Crippen LogP contribution < -0.4 is 16.0 Å². The van der Waals surface area contributed by atoms with Gasteiger partial charge in [-0.15, -0.1) is 0 Å². The summed E-state index contributed by atoms with van der Waals surface area (Å²) >= 11 is 0. The summed E-state index contributed by atoms with van der Waals surface area (Å²) in [5.74, 6) is 0.212. The van der Waals surface area contributed by atoms with E-state index in [-0.39, 0.29) is 23.7 Å². The third-order valence-corrected chi connectivity index (χ3v) is 2.40. The van der Waals surface area contributed by atoms with Gasteiger partial charge in [0.2, 0.25) is 11.8 Å². The second-order valence-electron chi connectivity index (χ2n) is 4.09. The summed E-state index contributed by atoms with van der Waals surface area (Å²) in [6.45, 7) is 6.23. The Balaban J connectivity index is 2.01. The Morgan fingerprint density at radius 1 is 1.27 bits per heavy atom. The Labute approximate surface area is 90.0 Å². The summed E-state index contributed by atoms with van der Waals surface area (Å²) in [6.07, 6.45) is 0. The van der Waals surface area contributed by atoms with Crippen LogP contribution in [0.25, 0.3) is 0 Å². The van der Waals surface area contributed by atoms with Gasteiger partial charge in [0.15, 0.2) is 0 Å². The predicted octanol–water partition coefficient (Wildman–Crippen LogP) is -0.906. The zero-order valence-electron chi connectivity index (χ0n) is 9.30. The molecule has 0 aromatic carbocycles. The van der Waals surface area contributed by atoms with Crippen molar-refractivity contribution in [3.63, 3.8) is 0 Å². The lowest BCUT2D eigenvalue weighted by Gasteiger charge is -2.25. The monoisotopic (exact) mass is 213 g/mol. The molecule has 0 aromatic rings. The summed E-state index contributed by atoms with van der Waals surface area (Å²) in [5.41, 5.74) is 0. The molecule has 2 amide bonds. The van der Waals surface area contributed by atoms with Crippen molar-refractivity contribution in [2.45, 2.75) is 13.8 Å². The normalized spacial score (nSPS) is 15.9. The van der Waals surface area contributed by atoms with Crippen molar-refractivity contribution in [1.29, 1.82) is 0 Å². The molecule has 0 aliphatic carbocycles. The first-order chi connectivity index (χ1) is 7.11. The summed E-state index contributed by atoms with van der Waals surface area (Å²) in [7, 11) is 0. The van der Waals surface area contributed by atoms with E-state index in [1.54, 1.807) is 0 Å². The Morgan fingerprint density at radius 2 is 1.87 bits per heavy atom. The van der Waals surface area contributed by atoms with E-state index < -0.39 is 0 Å². The fraction of sp³-hybridized carbons (Fsp3) is 0.800. The molecular weight excluding hydrogens is 194 g/mol. The molecule has 1 fully saturated rings. The average molecular weight is 213 g/mol. The highest BCUT2D eigenvalue weighted by atomic mass is 16.2. The van der Waals surface area contributed by atoms with Gasteiger partial charge in [0, 0.05) is 32.1 Å². The van der Waals surface area contributed by atoms with Gasteiger partial charge in [-0.25, -0.2) is 0 Å². The minimum absolute atomic E-state index is 0.00321. The van der Waals surface area contributed by atoms with Crippen LogP contribution in [-0.2, 0) is 9.59 Å². The minimum Gasteiger partial charge on any atom is -0.354 e. The molecule has 1 rings (SSSR count). The topological polar surface area (TPSA) is 70.2 Å². The number of carbonyl (C=O) groups is 2. The van der Waals surface area contributed by atoms with Crippen molar-refractivity contribution in [2.24, 2.45) is 11.8 Å². The molecule has 0 spiro atoms. The average Bonchev–Trinajstić information content (AvgIpc) is 2.08. The molecule has 15 heavy (non-hydrogen) atoms. The van der Waals surface area contributed by atoms with Gasteiger partial charge in [-0.05, 0) is 0 Å². The maximum Gasteiger partial charge on any atom is 0.225 e. The van der Waals surface area contributed by atoms with Crippen LogP contribution in [0, 0.1) is 11.8 Å². The highest BCUT2D eigenvalue weighted by Gasteiger charge is 2.24. The minimum atomic E-state index is -0.00321. The van der Waals surface area contributed by atoms with Crippen LogP contribution in [-0.4, -0.2) is 38.0 Å². The number of hydrogen-bond acceptors (Lipinski definition) is 3. The van der Waals surface area contributed by atoms with Crippen molar-refractivity contribution in [1.82, 2.24) is 16.0 Å². The Kier molecular flexibility index (Phi) is 4.55. The lowest BCUT2D eigenvalue weighted by Crippen LogP contribution is -2.51. The number of nitrogens with one attached hydrogen (secondary N) is 3. The summed E-state index contributed by atoms with van der Waals surface area (Å²) in [6, 6.07) is 0. The quantitative estimate of drug-likeness (QED) is 0.518. The second kappa shape index (κ2) is 5.70. The molecule has 5 nitrogen and oxygen atoms in total. The van der Waals surface area contributed by atoms with Gasteiger partial charge >= 0.3 is 0 Å². The van der Waals surface area contributed by atoms with E-state index in [0.29, 0.717) is 13.1 Å². The Morgan fingerprint density at radius 3 is 2.33 bits per heavy atom. The largest absolute Gasteiger partial charge is 0.354 e. The lowest BCUT2D eigenvalue weighted by molar-refractivity contribution is -0.127. The zero-order chi connectivity index (χ0) is 11.3. The standard InChI is InChI=1S/C10H19N3O2/c1-7(2)9(14)12-3-4-13-10(15)8-5-11-6-8/h7-8,11H,3-6H2,1-2H3,(H,12,14)(H,13,15). The molecule has 1 heterocycles. The number of rotatable bonds is 5. The van der Waals surface area contributed by atoms with Gasteiger partial charge in [-0.3, -0.25) is 9.59 Å². The van der Waals surface area contributed by atoms with Crippen LogP contribution >= 0.6 is 0 Å². The zero-order valence-corrected chi connectivity index (χ0v) is 9.30. The van der Waals surface area contributed by atoms with Crippen molar-refractivity contribution in [3.8, 4) is 0 Å². The molecule has 0 aromatic heterocycles. The van der Waals surface area contributed by atoms with Crippen LogP contribution in [0.2, 0.25) is 0 Å².